The molecule has 0 bridgehead atoms. The highest BCUT2D eigenvalue weighted by Crippen LogP contribution is 2.23. The van der Waals surface area contributed by atoms with Gasteiger partial charge in [0.15, 0.2) is 0 Å². The van der Waals surface area contributed by atoms with Crippen LogP contribution in [-0.4, -0.2) is 20.3 Å². The van der Waals surface area contributed by atoms with Crippen LogP contribution in [0, 0.1) is 5.92 Å². The van der Waals surface area contributed by atoms with Gasteiger partial charge in [0, 0.05) is 18.0 Å². The molecule has 3 heteroatoms. The molecule has 2 rings (SSSR count). The van der Waals surface area contributed by atoms with Crippen LogP contribution >= 0.6 is 0 Å². The van der Waals surface area contributed by atoms with E-state index in [1.165, 1.54) is 0 Å². The first-order valence-corrected chi connectivity index (χ1v) is 6.29. The van der Waals surface area contributed by atoms with Gasteiger partial charge in [0.2, 0.25) is 0 Å². The normalized spacial score (nSPS) is 14.7. The number of hydrogen-bond acceptors (Lipinski definition) is 2. The average Bonchev–Trinajstić information content (AvgIpc) is 2.77. The van der Waals surface area contributed by atoms with Crippen LogP contribution in [0.4, 0.5) is 0 Å². The Kier molecular flexibility index (Phi) is 3.53. The van der Waals surface area contributed by atoms with Crippen LogP contribution < -0.4 is 0 Å². The molecule has 1 aromatic heterocycles. The van der Waals surface area contributed by atoms with E-state index in [2.05, 4.69) is 4.98 Å². The molecule has 0 saturated carbocycles. The summed E-state index contributed by atoms with van der Waals surface area (Å²) in [7, 11) is 0. The molecule has 18 heavy (non-hydrogen) atoms. The van der Waals surface area contributed by atoms with Crippen molar-refractivity contribution in [1.82, 2.24) is 9.55 Å². The predicted molar refractivity (Wildman–Crippen MR) is 73.1 cm³/mol. The van der Waals surface area contributed by atoms with Crippen molar-refractivity contribution in [1.29, 1.82) is 0 Å². The van der Waals surface area contributed by atoms with E-state index in [0.29, 0.717) is 6.54 Å². The maximum Gasteiger partial charge on any atom is 0.139 e. The fourth-order valence-corrected chi connectivity index (χ4v) is 1.81. The number of benzene rings is 1. The van der Waals surface area contributed by atoms with Crippen LogP contribution in [0.3, 0.4) is 0 Å². The highest BCUT2D eigenvalue weighted by Gasteiger charge is 2.26. The van der Waals surface area contributed by atoms with Crippen molar-refractivity contribution >= 4 is 0 Å². The van der Waals surface area contributed by atoms with E-state index in [4.69, 9.17) is 0 Å². The molecule has 0 aliphatic rings. The number of aliphatic hydroxyl groups is 1. The Morgan fingerprint density at radius 2 is 1.94 bits per heavy atom. The molecule has 1 unspecified atom stereocenters. The second-order valence-corrected chi connectivity index (χ2v) is 5.26. The van der Waals surface area contributed by atoms with Crippen LogP contribution in [0.15, 0.2) is 42.7 Å². The SMILES string of the molecule is CC(C)C(C)(O)Cn1ccnc1-c1ccccc1. The molecule has 0 spiro atoms. The van der Waals surface area contributed by atoms with Crippen molar-refractivity contribution in [3.63, 3.8) is 0 Å². The number of aromatic nitrogens is 2. The summed E-state index contributed by atoms with van der Waals surface area (Å²) in [5, 5.41) is 10.4. The van der Waals surface area contributed by atoms with Crippen LogP contribution in [0.5, 0.6) is 0 Å². The summed E-state index contributed by atoms with van der Waals surface area (Å²) in [6.45, 7) is 6.47. The molecule has 3 nitrogen and oxygen atoms in total. The molecule has 0 aliphatic heterocycles. The molecule has 1 atom stereocenters. The van der Waals surface area contributed by atoms with Gasteiger partial charge in [0.25, 0.3) is 0 Å². The topological polar surface area (TPSA) is 38.0 Å². The minimum Gasteiger partial charge on any atom is -0.388 e. The molecule has 2 aromatic rings. The molecule has 1 heterocycles. The van der Waals surface area contributed by atoms with Crippen LogP contribution in [0.1, 0.15) is 20.8 Å². The Balaban J connectivity index is 2.30. The Labute approximate surface area is 108 Å². The zero-order chi connectivity index (χ0) is 13.2. The van der Waals surface area contributed by atoms with E-state index in [1.54, 1.807) is 6.20 Å². The highest BCUT2D eigenvalue weighted by atomic mass is 16.3. The lowest BCUT2D eigenvalue weighted by atomic mass is 9.92. The maximum atomic E-state index is 10.4. The van der Waals surface area contributed by atoms with E-state index in [1.807, 2.05) is 61.9 Å². The Bertz CT molecular complexity index is 500. The van der Waals surface area contributed by atoms with Crippen molar-refractivity contribution in [2.24, 2.45) is 5.92 Å². The quantitative estimate of drug-likeness (QED) is 0.898. The molecule has 0 fully saturated rings. The lowest BCUT2D eigenvalue weighted by Crippen LogP contribution is -2.36. The molecular weight excluding hydrogens is 224 g/mol. The zero-order valence-electron chi connectivity index (χ0n) is 11.2. The first-order chi connectivity index (χ1) is 8.50. The van der Waals surface area contributed by atoms with Gasteiger partial charge in [-0.05, 0) is 12.8 Å². The Hall–Kier alpha value is -1.61. The lowest BCUT2D eigenvalue weighted by molar-refractivity contribution is -0.00233. The number of nitrogens with zero attached hydrogens (tertiary/aromatic N) is 2. The van der Waals surface area contributed by atoms with Crippen LogP contribution in [0.25, 0.3) is 11.4 Å². The van der Waals surface area contributed by atoms with Crippen LogP contribution in [-0.2, 0) is 6.54 Å². The van der Waals surface area contributed by atoms with Crippen molar-refractivity contribution < 1.29 is 5.11 Å². The maximum absolute atomic E-state index is 10.4. The third-order valence-corrected chi connectivity index (χ3v) is 3.48. The van der Waals surface area contributed by atoms with Gasteiger partial charge >= 0.3 is 0 Å². The third kappa shape index (κ3) is 2.62. The average molecular weight is 244 g/mol. The third-order valence-electron chi connectivity index (χ3n) is 3.48. The molecule has 0 aliphatic carbocycles. The second kappa shape index (κ2) is 4.94. The van der Waals surface area contributed by atoms with E-state index in [9.17, 15) is 5.11 Å². The Morgan fingerprint density at radius 1 is 1.28 bits per heavy atom. The highest BCUT2D eigenvalue weighted by molar-refractivity contribution is 5.55. The zero-order valence-corrected chi connectivity index (χ0v) is 11.2. The summed E-state index contributed by atoms with van der Waals surface area (Å²) in [5.41, 5.74) is 0.339. The van der Waals surface area contributed by atoms with Gasteiger partial charge in [0.05, 0.1) is 12.1 Å². The van der Waals surface area contributed by atoms with Crippen molar-refractivity contribution in [3.05, 3.63) is 42.7 Å². The van der Waals surface area contributed by atoms with Gasteiger partial charge < -0.3 is 9.67 Å². The summed E-state index contributed by atoms with van der Waals surface area (Å²) in [4.78, 5) is 4.38. The van der Waals surface area contributed by atoms with E-state index < -0.39 is 5.60 Å². The minimum absolute atomic E-state index is 0.198. The van der Waals surface area contributed by atoms with E-state index in [-0.39, 0.29) is 5.92 Å². The molecule has 96 valence electrons. The van der Waals surface area contributed by atoms with Crippen molar-refractivity contribution in [2.45, 2.75) is 32.9 Å². The second-order valence-electron chi connectivity index (χ2n) is 5.26. The summed E-state index contributed by atoms with van der Waals surface area (Å²) in [6, 6.07) is 10.0. The number of hydrogen-bond donors (Lipinski definition) is 1. The molecule has 0 saturated heterocycles. The largest absolute Gasteiger partial charge is 0.388 e. The van der Waals surface area contributed by atoms with Crippen molar-refractivity contribution in [2.75, 3.05) is 0 Å². The van der Waals surface area contributed by atoms with Gasteiger partial charge in [0.1, 0.15) is 5.82 Å². The molecule has 1 N–H and O–H groups in total. The van der Waals surface area contributed by atoms with Gasteiger partial charge in [-0.3, -0.25) is 0 Å². The summed E-state index contributed by atoms with van der Waals surface area (Å²) in [6.07, 6.45) is 3.69. The predicted octanol–water partition coefficient (Wildman–Crippen LogP) is 2.96. The molecule has 0 amide bonds. The lowest BCUT2D eigenvalue weighted by Gasteiger charge is -2.28. The molecule has 1 aromatic carbocycles. The van der Waals surface area contributed by atoms with Crippen molar-refractivity contribution in [3.8, 4) is 11.4 Å². The summed E-state index contributed by atoms with van der Waals surface area (Å²) >= 11 is 0. The Morgan fingerprint density at radius 3 is 2.56 bits per heavy atom. The van der Waals surface area contributed by atoms with Gasteiger partial charge in [-0.1, -0.05) is 44.2 Å². The molecule has 0 radical (unpaired) electrons. The van der Waals surface area contributed by atoms with E-state index >= 15 is 0 Å². The first kappa shape index (κ1) is 12.8. The van der Waals surface area contributed by atoms with Gasteiger partial charge in [-0.25, -0.2) is 4.98 Å². The first-order valence-electron chi connectivity index (χ1n) is 6.29. The summed E-state index contributed by atoms with van der Waals surface area (Å²) < 4.78 is 2.01. The van der Waals surface area contributed by atoms with Gasteiger partial charge in [-0.15, -0.1) is 0 Å². The summed E-state index contributed by atoms with van der Waals surface area (Å²) in [5.74, 6) is 1.10. The van der Waals surface area contributed by atoms with Gasteiger partial charge in [-0.2, -0.15) is 0 Å². The minimum atomic E-state index is -0.732. The molecular formula is C15H20N2O. The fourth-order valence-electron chi connectivity index (χ4n) is 1.81. The number of imidazole rings is 1. The standard InChI is InChI=1S/C15H20N2O/c1-12(2)15(3,18)11-17-10-9-16-14(17)13-7-5-4-6-8-13/h4-10,12,18H,11H2,1-3H3. The fraction of sp³-hybridized carbons (Fsp3) is 0.400. The smallest absolute Gasteiger partial charge is 0.139 e. The van der Waals surface area contributed by atoms with E-state index in [0.717, 1.165) is 11.4 Å². The number of rotatable bonds is 4. The van der Waals surface area contributed by atoms with Crippen LogP contribution in [0.2, 0.25) is 0 Å². The monoisotopic (exact) mass is 244 g/mol.